The van der Waals surface area contributed by atoms with Gasteiger partial charge in [0, 0.05) is 17.9 Å². The first kappa shape index (κ1) is 18.9. The lowest BCUT2D eigenvalue weighted by molar-refractivity contribution is 0.0979. The van der Waals surface area contributed by atoms with Crippen LogP contribution in [-0.2, 0) is 0 Å². The lowest BCUT2D eigenvalue weighted by Crippen LogP contribution is -2.03. The average Bonchev–Trinajstić information content (AvgIpc) is 2.75. The zero-order valence-electron chi connectivity index (χ0n) is 15.8. The maximum absolute atomic E-state index is 12.3. The Balaban J connectivity index is 1.62. The van der Waals surface area contributed by atoms with E-state index in [9.17, 15) is 4.79 Å². The van der Waals surface area contributed by atoms with E-state index in [1.54, 1.807) is 7.11 Å². The molecule has 0 radical (unpaired) electrons. The van der Waals surface area contributed by atoms with Gasteiger partial charge in [0.15, 0.2) is 5.78 Å². The van der Waals surface area contributed by atoms with Crippen LogP contribution in [0, 0.1) is 0 Å². The first-order valence-electron chi connectivity index (χ1n) is 9.55. The molecule has 0 aliphatic heterocycles. The maximum atomic E-state index is 12.3. The molecule has 2 nitrogen and oxygen atoms in total. The summed E-state index contributed by atoms with van der Waals surface area (Å²) in [7, 11) is 1.69. The van der Waals surface area contributed by atoms with E-state index in [2.05, 4.69) is 36.4 Å². The lowest BCUT2D eigenvalue weighted by Gasteiger charge is -2.18. The number of hydrogen-bond acceptors (Lipinski definition) is 2. The summed E-state index contributed by atoms with van der Waals surface area (Å²) in [6.07, 6.45) is 3.56. The van der Waals surface area contributed by atoms with Gasteiger partial charge in [-0.05, 0) is 36.1 Å². The van der Waals surface area contributed by atoms with Crippen LogP contribution < -0.4 is 4.74 Å². The van der Waals surface area contributed by atoms with Crippen LogP contribution in [0.2, 0.25) is 0 Å². The molecule has 0 amide bonds. The van der Waals surface area contributed by atoms with Gasteiger partial charge in [0.1, 0.15) is 5.75 Å². The fourth-order valence-electron chi connectivity index (χ4n) is 3.45. The first-order chi connectivity index (χ1) is 13.3. The Labute approximate surface area is 161 Å². The van der Waals surface area contributed by atoms with Crippen LogP contribution in [0.4, 0.5) is 0 Å². The topological polar surface area (TPSA) is 26.3 Å². The second-order valence-corrected chi connectivity index (χ2v) is 6.77. The third-order valence-electron chi connectivity index (χ3n) is 4.96. The molecule has 3 aromatic carbocycles. The van der Waals surface area contributed by atoms with Crippen LogP contribution in [0.3, 0.4) is 0 Å². The van der Waals surface area contributed by atoms with Crippen molar-refractivity contribution >= 4 is 5.78 Å². The van der Waals surface area contributed by atoms with Crippen LogP contribution in [0.5, 0.6) is 5.75 Å². The van der Waals surface area contributed by atoms with Crippen LogP contribution in [0.15, 0.2) is 84.9 Å². The van der Waals surface area contributed by atoms with E-state index < -0.39 is 0 Å². The standard InChI is InChI=1S/C25H26O2/c1-27-23-18-16-21(17-19-23)24(20-10-4-2-5-11-20)14-8-9-15-25(26)22-12-6-3-7-13-22/h2-7,10-13,16-19,24H,8-9,14-15H2,1H3/t24-/m0/s1. The molecular weight excluding hydrogens is 332 g/mol. The smallest absolute Gasteiger partial charge is 0.162 e. The summed E-state index contributed by atoms with van der Waals surface area (Å²) in [4.78, 5) is 12.3. The molecule has 27 heavy (non-hydrogen) atoms. The second-order valence-electron chi connectivity index (χ2n) is 6.77. The number of rotatable bonds is 9. The van der Waals surface area contributed by atoms with Gasteiger partial charge in [0.05, 0.1) is 7.11 Å². The van der Waals surface area contributed by atoms with Crippen molar-refractivity contribution in [3.05, 3.63) is 102 Å². The summed E-state index contributed by atoms with van der Waals surface area (Å²) in [6.45, 7) is 0. The Morgan fingerprint density at radius 3 is 2.00 bits per heavy atom. The SMILES string of the molecule is COc1ccc([C@@H](CCCCC(=O)c2ccccc2)c2ccccc2)cc1. The van der Waals surface area contributed by atoms with Gasteiger partial charge in [0.2, 0.25) is 0 Å². The highest BCUT2D eigenvalue weighted by Crippen LogP contribution is 2.31. The number of Topliss-reactive ketones (excluding diaryl/α,β-unsaturated/α-hetero) is 1. The summed E-state index contributed by atoms with van der Waals surface area (Å²) >= 11 is 0. The summed E-state index contributed by atoms with van der Waals surface area (Å²) in [5.41, 5.74) is 3.42. The van der Waals surface area contributed by atoms with Crippen molar-refractivity contribution in [2.75, 3.05) is 7.11 Å². The van der Waals surface area contributed by atoms with Gasteiger partial charge >= 0.3 is 0 Å². The van der Waals surface area contributed by atoms with Gasteiger partial charge in [-0.3, -0.25) is 4.79 Å². The Morgan fingerprint density at radius 2 is 1.37 bits per heavy atom. The highest BCUT2D eigenvalue weighted by Gasteiger charge is 2.14. The second kappa shape index (κ2) is 9.72. The summed E-state index contributed by atoms with van der Waals surface area (Å²) in [5.74, 6) is 1.44. The quantitative estimate of drug-likeness (QED) is 0.333. The van der Waals surface area contributed by atoms with E-state index in [-0.39, 0.29) is 5.78 Å². The first-order valence-corrected chi connectivity index (χ1v) is 9.55. The molecule has 0 aliphatic carbocycles. The largest absolute Gasteiger partial charge is 0.497 e. The van der Waals surface area contributed by atoms with Crippen molar-refractivity contribution in [3.63, 3.8) is 0 Å². The molecule has 0 heterocycles. The van der Waals surface area contributed by atoms with Gasteiger partial charge in [-0.1, -0.05) is 79.2 Å². The van der Waals surface area contributed by atoms with Crippen molar-refractivity contribution in [1.29, 1.82) is 0 Å². The van der Waals surface area contributed by atoms with Crippen molar-refractivity contribution in [2.24, 2.45) is 0 Å². The number of benzene rings is 3. The Bertz CT molecular complexity index is 823. The number of unbranched alkanes of at least 4 members (excludes halogenated alkanes) is 1. The number of carbonyl (C=O) groups excluding carboxylic acids is 1. The molecule has 0 fully saturated rings. The van der Waals surface area contributed by atoms with Gasteiger partial charge in [0.25, 0.3) is 0 Å². The number of ether oxygens (including phenoxy) is 1. The summed E-state index contributed by atoms with van der Waals surface area (Å²) in [5, 5.41) is 0. The van der Waals surface area contributed by atoms with Crippen molar-refractivity contribution in [3.8, 4) is 5.75 Å². The molecule has 0 aliphatic rings. The van der Waals surface area contributed by atoms with Crippen LogP contribution in [0.25, 0.3) is 0 Å². The zero-order chi connectivity index (χ0) is 18.9. The van der Waals surface area contributed by atoms with Gasteiger partial charge in [-0.2, -0.15) is 0 Å². The molecule has 0 unspecified atom stereocenters. The van der Waals surface area contributed by atoms with E-state index in [0.717, 1.165) is 30.6 Å². The Hall–Kier alpha value is -2.87. The molecule has 0 saturated carbocycles. The van der Waals surface area contributed by atoms with Gasteiger partial charge in [-0.25, -0.2) is 0 Å². The van der Waals surface area contributed by atoms with Crippen molar-refractivity contribution in [2.45, 2.75) is 31.6 Å². The lowest BCUT2D eigenvalue weighted by atomic mass is 9.86. The molecule has 3 rings (SSSR count). The van der Waals surface area contributed by atoms with E-state index in [1.807, 2.05) is 48.5 Å². The van der Waals surface area contributed by atoms with Gasteiger partial charge < -0.3 is 4.74 Å². The van der Waals surface area contributed by atoms with Crippen LogP contribution >= 0.6 is 0 Å². The number of ketones is 1. The highest BCUT2D eigenvalue weighted by atomic mass is 16.5. The molecule has 138 valence electrons. The van der Waals surface area contributed by atoms with Gasteiger partial charge in [-0.15, -0.1) is 0 Å². The number of hydrogen-bond donors (Lipinski definition) is 0. The van der Waals surface area contributed by atoms with E-state index >= 15 is 0 Å². The summed E-state index contributed by atoms with van der Waals surface area (Å²) in [6, 6.07) is 28.5. The fourth-order valence-corrected chi connectivity index (χ4v) is 3.45. The normalized spacial score (nSPS) is 11.7. The average molecular weight is 358 g/mol. The molecular formula is C25H26O2. The van der Waals surface area contributed by atoms with Crippen LogP contribution in [0.1, 0.15) is 53.1 Å². The minimum Gasteiger partial charge on any atom is -0.497 e. The van der Waals surface area contributed by atoms with Crippen molar-refractivity contribution < 1.29 is 9.53 Å². The predicted octanol–water partition coefficient (Wildman–Crippen LogP) is 6.27. The minimum absolute atomic E-state index is 0.233. The highest BCUT2D eigenvalue weighted by molar-refractivity contribution is 5.95. The predicted molar refractivity (Wildman–Crippen MR) is 111 cm³/mol. The summed E-state index contributed by atoms with van der Waals surface area (Å²) < 4.78 is 5.28. The minimum atomic E-state index is 0.233. The van der Waals surface area contributed by atoms with Crippen molar-refractivity contribution in [1.82, 2.24) is 0 Å². The fraction of sp³-hybridized carbons (Fsp3) is 0.240. The van der Waals surface area contributed by atoms with E-state index in [1.165, 1.54) is 11.1 Å². The maximum Gasteiger partial charge on any atom is 0.162 e. The molecule has 0 bridgehead atoms. The molecule has 2 heteroatoms. The molecule has 0 spiro atoms. The van der Waals surface area contributed by atoms with E-state index in [4.69, 9.17) is 4.74 Å². The monoisotopic (exact) mass is 358 g/mol. The molecule has 3 aromatic rings. The molecule has 1 atom stereocenters. The number of methoxy groups -OCH3 is 1. The Kier molecular flexibility index (Phi) is 6.81. The van der Waals surface area contributed by atoms with Crippen LogP contribution in [-0.4, -0.2) is 12.9 Å². The third kappa shape index (κ3) is 5.30. The molecule has 0 saturated heterocycles. The molecule has 0 aromatic heterocycles. The zero-order valence-corrected chi connectivity index (χ0v) is 15.8. The molecule has 0 N–H and O–H groups in total. The Morgan fingerprint density at radius 1 is 0.778 bits per heavy atom. The number of carbonyl (C=O) groups is 1. The third-order valence-corrected chi connectivity index (χ3v) is 4.96. The van der Waals surface area contributed by atoms with E-state index in [0.29, 0.717) is 12.3 Å².